The number of ether oxygens (including phenoxy) is 1. The quantitative estimate of drug-likeness (QED) is 0.597. The fraction of sp³-hybridized carbons (Fsp3) is 0.286. The summed E-state index contributed by atoms with van der Waals surface area (Å²) in [5.74, 6) is 0.757. The van der Waals surface area contributed by atoms with Crippen LogP contribution >= 0.6 is 23.1 Å². The Balaban J connectivity index is 2.60. The third kappa shape index (κ3) is 3.25. The Hall–Kier alpha value is -0.720. The largest absolute Gasteiger partial charge is 0.512 e. The molecule has 0 atom stereocenters. The van der Waals surface area contributed by atoms with E-state index in [0.717, 1.165) is 10.6 Å². The molecule has 0 saturated heterocycles. The van der Waals surface area contributed by atoms with E-state index in [1.54, 1.807) is 5.38 Å². The van der Waals surface area contributed by atoms with Gasteiger partial charge in [-0.1, -0.05) is 0 Å². The molecule has 0 amide bonds. The lowest BCUT2D eigenvalue weighted by atomic mass is 10.6. The molecule has 0 bridgehead atoms. The molecule has 0 saturated carbocycles. The van der Waals surface area contributed by atoms with Gasteiger partial charge in [0.15, 0.2) is 0 Å². The van der Waals surface area contributed by atoms with Crippen LogP contribution in [0.4, 0.5) is 4.79 Å². The molecule has 6 heteroatoms. The molecule has 72 valence electrons. The van der Waals surface area contributed by atoms with E-state index in [1.165, 1.54) is 23.1 Å². The normalized spacial score (nSPS) is 9.92. The monoisotopic (exact) mass is 219 g/mol. The molecule has 0 unspecified atom stereocenters. The first-order chi connectivity index (χ1) is 6.24. The second-order valence-electron chi connectivity index (χ2n) is 2.08. The predicted molar refractivity (Wildman–Crippen MR) is 52.8 cm³/mol. The number of rotatable bonds is 4. The first kappa shape index (κ1) is 10.4. The molecule has 0 aliphatic rings. The van der Waals surface area contributed by atoms with Crippen LogP contribution in [0, 0.1) is 0 Å². The lowest BCUT2D eigenvalue weighted by Gasteiger charge is -1.99. The Morgan fingerprint density at radius 1 is 1.77 bits per heavy atom. The van der Waals surface area contributed by atoms with Crippen LogP contribution in [0.3, 0.4) is 0 Å². The summed E-state index contributed by atoms with van der Waals surface area (Å²) < 4.78 is 4.56. The molecule has 0 aromatic carbocycles. The molecule has 0 radical (unpaired) electrons. The van der Waals surface area contributed by atoms with Crippen molar-refractivity contribution in [2.75, 3.05) is 12.3 Å². The number of nitrogens with two attached hydrogens (primary N) is 1. The fourth-order valence-electron chi connectivity index (χ4n) is 0.713. The maximum absolute atomic E-state index is 10.2. The van der Waals surface area contributed by atoms with Crippen molar-refractivity contribution < 1.29 is 14.6 Å². The van der Waals surface area contributed by atoms with Gasteiger partial charge in [0.05, 0.1) is 4.90 Å². The van der Waals surface area contributed by atoms with E-state index in [9.17, 15) is 4.79 Å². The Kier molecular flexibility index (Phi) is 4.07. The summed E-state index contributed by atoms with van der Waals surface area (Å²) in [6.07, 6.45) is -1.28. The number of carboxylic acid groups (broad SMARTS) is 1. The number of hydrogen-bond acceptors (Lipinski definition) is 5. The van der Waals surface area contributed by atoms with E-state index in [0.29, 0.717) is 11.6 Å². The van der Waals surface area contributed by atoms with Crippen molar-refractivity contribution in [1.29, 1.82) is 0 Å². The summed E-state index contributed by atoms with van der Waals surface area (Å²) in [5.41, 5.74) is 5.32. The summed E-state index contributed by atoms with van der Waals surface area (Å²) >= 11 is 2.76. The van der Waals surface area contributed by atoms with Gasteiger partial charge in [-0.05, 0) is 11.4 Å². The Labute approximate surface area is 83.7 Å². The van der Waals surface area contributed by atoms with Gasteiger partial charge >= 0.3 is 6.16 Å². The number of carbonyl (C=O) groups is 1. The Morgan fingerprint density at radius 3 is 3.15 bits per heavy atom. The highest BCUT2D eigenvalue weighted by molar-refractivity contribution is 7.99. The van der Waals surface area contributed by atoms with Crippen molar-refractivity contribution in [2.24, 2.45) is 5.73 Å². The number of thiophene rings is 1. The van der Waals surface area contributed by atoms with E-state index in [-0.39, 0.29) is 0 Å². The SMILES string of the molecule is NCCSc1ccsc1OC(=O)O. The van der Waals surface area contributed by atoms with Crippen LogP contribution in [0.2, 0.25) is 0 Å². The molecular formula is C7H9NO3S2. The van der Waals surface area contributed by atoms with Gasteiger partial charge in [0.2, 0.25) is 5.06 Å². The van der Waals surface area contributed by atoms with Crippen LogP contribution in [0.15, 0.2) is 16.3 Å². The van der Waals surface area contributed by atoms with Crippen molar-refractivity contribution in [1.82, 2.24) is 0 Å². The standard InChI is InChI=1S/C7H9NO3S2/c8-2-4-12-5-1-3-13-6(5)11-7(9)10/h1,3H,2,4,8H2,(H,9,10). The van der Waals surface area contributed by atoms with Crippen LogP contribution in [-0.4, -0.2) is 23.6 Å². The lowest BCUT2D eigenvalue weighted by molar-refractivity contribution is 0.145. The maximum atomic E-state index is 10.2. The van der Waals surface area contributed by atoms with E-state index >= 15 is 0 Å². The smallest absolute Gasteiger partial charge is 0.449 e. The van der Waals surface area contributed by atoms with Crippen LogP contribution in [-0.2, 0) is 0 Å². The molecule has 1 aromatic heterocycles. The van der Waals surface area contributed by atoms with Crippen LogP contribution in [0.5, 0.6) is 5.06 Å². The predicted octanol–water partition coefficient (Wildman–Crippen LogP) is 1.86. The van der Waals surface area contributed by atoms with E-state index < -0.39 is 6.16 Å². The minimum atomic E-state index is -1.28. The molecule has 1 aromatic rings. The molecular weight excluding hydrogens is 210 g/mol. The van der Waals surface area contributed by atoms with E-state index in [1.807, 2.05) is 6.07 Å². The topological polar surface area (TPSA) is 72.5 Å². The van der Waals surface area contributed by atoms with Crippen LogP contribution in [0.1, 0.15) is 0 Å². The maximum Gasteiger partial charge on any atom is 0.512 e. The van der Waals surface area contributed by atoms with Gasteiger partial charge in [-0.25, -0.2) is 4.79 Å². The van der Waals surface area contributed by atoms with Gasteiger partial charge in [0, 0.05) is 12.3 Å². The highest BCUT2D eigenvalue weighted by atomic mass is 32.2. The van der Waals surface area contributed by atoms with Crippen LogP contribution < -0.4 is 10.5 Å². The zero-order valence-electron chi connectivity index (χ0n) is 6.73. The van der Waals surface area contributed by atoms with Gasteiger partial charge in [-0.15, -0.1) is 23.1 Å². The highest BCUT2D eigenvalue weighted by Crippen LogP contribution is 2.34. The molecule has 13 heavy (non-hydrogen) atoms. The second-order valence-corrected chi connectivity index (χ2v) is 4.09. The fourth-order valence-corrected chi connectivity index (χ4v) is 2.41. The molecule has 1 rings (SSSR count). The average Bonchev–Trinajstić information content (AvgIpc) is 2.48. The van der Waals surface area contributed by atoms with Crippen molar-refractivity contribution in [2.45, 2.75) is 4.90 Å². The summed E-state index contributed by atoms with van der Waals surface area (Å²) in [5, 5.41) is 10.6. The minimum absolute atomic E-state index is 0.422. The molecule has 3 N–H and O–H groups in total. The summed E-state index contributed by atoms with van der Waals surface area (Å²) in [6, 6.07) is 1.82. The minimum Gasteiger partial charge on any atom is -0.449 e. The number of thioether (sulfide) groups is 1. The average molecular weight is 219 g/mol. The van der Waals surface area contributed by atoms with Gasteiger partial charge < -0.3 is 15.6 Å². The summed E-state index contributed by atoms with van der Waals surface area (Å²) in [7, 11) is 0. The molecule has 0 fully saturated rings. The van der Waals surface area contributed by atoms with Crippen molar-refractivity contribution in [3.63, 3.8) is 0 Å². The van der Waals surface area contributed by atoms with Crippen molar-refractivity contribution in [3.05, 3.63) is 11.4 Å². The third-order valence-electron chi connectivity index (χ3n) is 1.15. The Morgan fingerprint density at radius 2 is 2.54 bits per heavy atom. The van der Waals surface area contributed by atoms with Gasteiger partial charge in [0.25, 0.3) is 0 Å². The lowest BCUT2D eigenvalue weighted by Crippen LogP contribution is -2.03. The first-order valence-corrected chi connectivity index (χ1v) is 5.41. The number of hydrogen-bond donors (Lipinski definition) is 2. The molecule has 0 aliphatic heterocycles. The Bertz CT molecular complexity index is 287. The molecule has 0 aliphatic carbocycles. The third-order valence-corrected chi connectivity index (χ3v) is 3.14. The zero-order chi connectivity index (χ0) is 9.68. The highest BCUT2D eigenvalue weighted by Gasteiger charge is 2.09. The van der Waals surface area contributed by atoms with Crippen molar-refractivity contribution >= 4 is 29.3 Å². The molecule has 1 heterocycles. The van der Waals surface area contributed by atoms with Crippen LogP contribution in [0.25, 0.3) is 0 Å². The summed E-state index contributed by atoms with van der Waals surface area (Å²) in [4.78, 5) is 11.1. The van der Waals surface area contributed by atoms with Gasteiger partial charge in [0.1, 0.15) is 0 Å². The molecule has 0 spiro atoms. The van der Waals surface area contributed by atoms with Crippen molar-refractivity contribution in [3.8, 4) is 5.06 Å². The van der Waals surface area contributed by atoms with Gasteiger partial charge in [-0.3, -0.25) is 0 Å². The first-order valence-electron chi connectivity index (χ1n) is 3.55. The second kappa shape index (κ2) is 5.11. The summed E-state index contributed by atoms with van der Waals surface area (Å²) in [6.45, 7) is 0.563. The van der Waals surface area contributed by atoms with E-state index in [2.05, 4.69) is 4.74 Å². The molecule has 4 nitrogen and oxygen atoms in total. The van der Waals surface area contributed by atoms with Gasteiger partial charge in [-0.2, -0.15) is 0 Å². The van der Waals surface area contributed by atoms with E-state index in [4.69, 9.17) is 10.8 Å². The zero-order valence-corrected chi connectivity index (χ0v) is 8.36.